The Morgan fingerprint density at radius 2 is 1.93 bits per heavy atom. The van der Waals surface area contributed by atoms with Crippen molar-refractivity contribution in [3.63, 3.8) is 0 Å². The van der Waals surface area contributed by atoms with Gasteiger partial charge in [-0.15, -0.1) is 0 Å². The van der Waals surface area contributed by atoms with Crippen LogP contribution in [0.2, 0.25) is 0 Å². The minimum absolute atomic E-state index is 0.0761. The Morgan fingerprint density at radius 3 is 2.43 bits per heavy atom. The summed E-state index contributed by atoms with van der Waals surface area (Å²) in [6.45, 7) is 0. The summed E-state index contributed by atoms with van der Waals surface area (Å²) in [7, 11) is 0. The largest absolute Gasteiger partial charge is 0.299 e. The van der Waals surface area contributed by atoms with Gasteiger partial charge in [0.2, 0.25) is 0 Å². The van der Waals surface area contributed by atoms with Crippen LogP contribution < -0.4 is 0 Å². The number of allylic oxidation sites excluding steroid dienone is 1. The zero-order chi connectivity index (χ0) is 10.2. The van der Waals surface area contributed by atoms with Gasteiger partial charge in [-0.25, -0.2) is 0 Å². The Hall–Kier alpha value is -0.0100. The van der Waals surface area contributed by atoms with Crippen molar-refractivity contribution in [3.05, 3.63) is 10.6 Å². The van der Waals surface area contributed by atoms with Crippen molar-refractivity contribution in [2.75, 3.05) is 0 Å². The predicted octanol–water partition coefficient (Wildman–Crippen LogP) is 3.84. The quantitative estimate of drug-likeness (QED) is 0.672. The van der Waals surface area contributed by atoms with E-state index in [-0.39, 0.29) is 5.41 Å². The van der Waals surface area contributed by atoms with E-state index in [0.717, 1.165) is 12.8 Å². The zero-order valence-electron chi connectivity index (χ0n) is 8.06. The molecule has 1 spiro atoms. The average Bonchev–Trinajstić information content (AvgIpc) is 2.18. The average molecular weight is 233 g/mol. The van der Waals surface area contributed by atoms with Crippen LogP contribution in [-0.4, -0.2) is 5.78 Å². The first kappa shape index (κ1) is 10.5. The number of hydrogen-bond donors (Lipinski definition) is 0. The zero-order valence-corrected chi connectivity index (χ0v) is 9.57. The summed E-state index contributed by atoms with van der Waals surface area (Å²) in [4.78, 5) is 11.7. The molecule has 0 heterocycles. The second-order valence-corrected chi connectivity index (χ2v) is 5.41. The lowest BCUT2D eigenvalue weighted by Crippen LogP contribution is -2.50. The smallest absolute Gasteiger partial charge is 0.140 e. The molecule has 0 amide bonds. The first-order chi connectivity index (χ1) is 6.65. The molecule has 1 nitrogen and oxygen atoms in total. The van der Waals surface area contributed by atoms with Crippen molar-refractivity contribution in [1.29, 1.82) is 0 Å². The summed E-state index contributed by atoms with van der Waals surface area (Å²) < 4.78 is 0.312. The molecule has 0 aromatic rings. The summed E-state index contributed by atoms with van der Waals surface area (Å²) in [5.74, 6) is 0.730. The van der Waals surface area contributed by atoms with Crippen LogP contribution in [0.5, 0.6) is 0 Å². The molecule has 0 radical (unpaired) electrons. The molecular weight excluding hydrogens is 219 g/mol. The monoisotopic (exact) mass is 232 g/mol. The van der Waals surface area contributed by atoms with Gasteiger partial charge in [-0.1, -0.05) is 42.5 Å². The van der Waals surface area contributed by atoms with Gasteiger partial charge in [0.15, 0.2) is 0 Å². The van der Waals surface area contributed by atoms with E-state index in [1.54, 1.807) is 0 Å². The number of carbonyl (C=O) groups is 1. The fraction of sp³-hybridized carbons (Fsp3) is 0.727. The normalized spacial score (nSPS) is 29.9. The first-order valence-corrected chi connectivity index (χ1v) is 5.97. The van der Waals surface area contributed by atoms with Crippen molar-refractivity contribution in [1.82, 2.24) is 0 Å². The van der Waals surface area contributed by atoms with Crippen LogP contribution in [0.1, 0.15) is 38.5 Å². The predicted molar refractivity (Wildman–Crippen MR) is 58.4 cm³/mol. The molecule has 0 aliphatic heterocycles. The number of carbonyl (C=O) groups excluding carboxylic acids is 1. The van der Waals surface area contributed by atoms with E-state index in [4.69, 9.17) is 23.2 Å². The third-order valence-corrected chi connectivity index (χ3v) is 4.00. The van der Waals surface area contributed by atoms with Crippen LogP contribution in [0.3, 0.4) is 0 Å². The van der Waals surface area contributed by atoms with Crippen molar-refractivity contribution >= 4 is 29.0 Å². The molecule has 2 fully saturated rings. The maximum atomic E-state index is 11.7. The van der Waals surface area contributed by atoms with Crippen LogP contribution >= 0.6 is 23.2 Å². The van der Waals surface area contributed by atoms with Crippen molar-refractivity contribution in [3.8, 4) is 0 Å². The topological polar surface area (TPSA) is 17.1 Å². The van der Waals surface area contributed by atoms with Crippen LogP contribution in [-0.2, 0) is 4.79 Å². The van der Waals surface area contributed by atoms with E-state index in [2.05, 4.69) is 0 Å². The molecule has 3 heteroatoms. The molecule has 1 unspecified atom stereocenters. The van der Waals surface area contributed by atoms with Gasteiger partial charge in [0.05, 0.1) is 0 Å². The molecule has 0 N–H and O–H groups in total. The van der Waals surface area contributed by atoms with Crippen LogP contribution in [0, 0.1) is 11.3 Å². The molecule has 2 aliphatic carbocycles. The lowest BCUT2D eigenvalue weighted by atomic mass is 9.53. The maximum Gasteiger partial charge on any atom is 0.140 e. The molecule has 0 aromatic carbocycles. The Balaban J connectivity index is 2.14. The van der Waals surface area contributed by atoms with E-state index in [1.807, 2.05) is 6.08 Å². The van der Waals surface area contributed by atoms with Gasteiger partial charge in [0, 0.05) is 11.8 Å². The highest BCUT2D eigenvalue weighted by atomic mass is 35.5. The molecule has 0 saturated heterocycles. The van der Waals surface area contributed by atoms with Crippen LogP contribution in [0.4, 0.5) is 0 Å². The Bertz CT molecular complexity index is 273. The van der Waals surface area contributed by atoms with E-state index in [0.29, 0.717) is 22.6 Å². The fourth-order valence-electron chi connectivity index (χ4n) is 2.88. The van der Waals surface area contributed by atoms with E-state index in [1.165, 1.54) is 19.3 Å². The van der Waals surface area contributed by atoms with Gasteiger partial charge in [-0.05, 0) is 24.8 Å². The summed E-state index contributed by atoms with van der Waals surface area (Å²) >= 11 is 11.3. The van der Waals surface area contributed by atoms with Crippen LogP contribution in [0.15, 0.2) is 10.6 Å². The number of halogens is 2. The Kier molecular flexibility index (Phi) is 2.90. The molecule has 14 heavy (non-hydrogen) atoms. The standard InChI is InChI=1S/C11H14Cl2O/c12-10(13)7-8-6-9(14)11(8)4-2-1-3-5-11/h7-8H,1-6H2. The van der Waals surface area contributed by atoms with Gasteiger partial charge < -0.3 is 0 Å². The van der Waals surface area contributed by atoms with Gasteiger partial charge in [0.1, 0.15) is 10.3 Å². The third-order valence-electron chi connectivity index (χ3n) is 3.74. The first-order valence-electron chi connectivity index (χ1n) is 5.21. The molecule has 2 saturated carbocycles. The lowest BCUT2D eigenvalue weighted by Gasteiger charge is -2.49. The Morgan fingerprint density at radius 1 is 1.29 bits per heavy atom. The number of ketones is 1. The third kappa shape index (κ3) is 1.61. The van der Waals surface area contributed by atoms with Gasteiger partial charge in [-0.3, -0.25) is 4.79 Å². The van der Waals surface area contributed by atoms with Crippen molar-refractivity contribution in [2.45, 2.75) is 38.5 Å². The molecule has 78 valence electrons. The number of rotatable bonds is 1. The molecule has 0 bridgehead atoms. The van der Waals surface area contributed by atoms with Gasteiger partial charge in [0.25, 0.3) is 0 Å². The second-order valence-electron chi connectivity index (χ2n) is 4.41. The van der Waals surface area contributed by atoms with E-state index < -0.39 is 0 Å². The number of Topliss-reactive ketones (excluding diaryl/α,β-unsaturated/α-hetero) is 1. The molecule has 2 rings (SSSR count). The SMILES string of the molecule is O=C1CC(C=C(Cl)Cl)C12CCCCC2. The van der Waals surface area contributed by atoms with E-state index in [9.17, 15) is 4.79 Å². The highest BCUT2D eigenvalue weighted by Gasteiger charge is 2.53. The second kappa shape index (κ2) is 3.86. The van der Waals surface area contributed by atoms with Crippen molar-refractivity contribution < 1.29 is 4.79 Å². The number of hydrogen-bond acceptors (Lipinski definition) is 1. The summed E-state index contributed by atoms with van der Waals surface area (Å²) in [5, 5.41) is 0. The minimum atomic E-state index is -0.0761. The molecule has 0 aromatic heterocycles. The highest BCUT2D eigenvalue weighted by molar-refractivity contribution is 6.55. The lowest BCUT2D eigenvalue weighted by molar-refractivity contribution is -0.146. The fourth-order valence-corrected chi connectivity index (χ4v) is 3.18. The summed E-state index contributed by atoms with van der Waals surface area (Å²) in [6.07, 6.45) is 8.19. The molecule has 2 aliphatic rings. The maximum absolute atomic E-state index is 11.7. The van der Waals surface area contributed by atoms with E-state index >= 15 is 0 Å². The van der Waals surface area contributed by atoms with Gasteiger partial charge >= 0.3 is 0 Å². The molecule has 1 atom stereocenters. The minimum Gasteiger partial charge on any atom is -0.299 e. The van der Waals surface area contributed by atoms with Crippen molar-refractivity contribution in [2.24, 2.45) is 11.3 Å². The van der Waals surface area contributed by atoms with Crippen LogP contribution in [0.25, 0.3) is 0 Å². The van der Waals surface area contributed by atoms with Gasteiger partial charge in [-0.2, -0.15) is 0 Å². The molecular formula is C11H14Cl2O. The Labute approximate surface area is 94.5 Å². The summed E-state index contributed by atoms with van der Waals surface area (Å²) in [6, 6.07) is 0. The highest BCUT2D eigenvalue weighted by Crippen LogP contribution is 2.54. The summed E-state index contributed by atoms with van der Waals surface area (Å²) in [5.41, 5.74) is -0.0761.